The molecule has 0 aliphatic carbocycles. The van der Waals surface area contributed by atoms with Crippen molar-refractivity contribution in [1.29, 1.82) is 0 Å². The number of nitrogens with two attached hydrogens (primary N) is 1. The zero-order chi connectivity index (χ0) is 13.3. The molecule has 2 rings (SSSR count). The molecule has 0 unspecified atom stereocenters. The van der Waals surface area contributed by atoms with E-state index in [-0.39, 0.29) is 16.4 Å². The number of hydrogen-bond donors (Lipinski definition) is 3. The van der Waals surface area contributed by atoms with Gasteiger partial charge in [-0.1, -0.05) is 0 Å². The number of anilines is 2. The van der Waals surface area contributed by atoms with Crippen molar-refractivity contribution >= 4 is 21.5 Å². The highest BCUT2D eigenvalue weighted by Crippen LogP contribution is 2.20. The van der Waals surface area contributed by atoms with Crippen LogP contribution in [0.3, 0.4) is 0 Å². The van der Waals surface area contributed by atoms with Crippen molar-refractivity contribution in [2.24, 2.45) is 0 Å². The molecule has 0 aliphatic rings. The lowest BCUT2D eigenvalue weighted by molar-refractivity contribution is 0.601. The van der Waals surface area contributed by atoms with Crippen LogP contribution in [0.15, 0.2) is 29.3 Å². The summed E-state index contributed by atoms with van der Waals surface area (Å²) in [6.45, 7) is 1.54. The Labute approximate surface area is 103 Å². The minimum absolute atomic E-state index is 0.0543. The second-order valence-corrected chi connectivity index (χ2v) is 5.37. The Morgan fingerprint density at radius 2 is 2.17 bits per heavy atom. The molecule has 0 amide bonds. The molecule has 18 heavy (non-hydrogen) atoms. The average Bonchev–Trinajstić information content (AvgIpc) is 2.70. The summed E-state index contributed by atoms with van der Waals surface area (Å²) in [5.74, 6) is -0.456. The van der Waals surface area contributed by atoms with Crippen LogP contribution in [0, 0.1) is 12.7 Å². The number of halogens is 1. The van der Waals surface area contributed by atoms with Gasteiger partial charge in [-0.15, -0.1) is 0 Å². The quantitative estimate of drug-likeness (QED) is 0.781. The van der Waals surface area contributed by atoms with Crippen LogP contribution in [0.5, 0.6) is 0 Å². The first-order valence-corrected chi connectivity index (χ1v) is 6.46. The lowest BCUT2D eigenvalue weighted by Crippen LogP contribution is -2.14. The van der Waals surface area contributed by atoms with E-state index in [0.717, 1.165) is 6.20 Å². The molecule has 0 aliphatic heterocycles. The number of aryl methyl sites for hydroxylation is 1. The average molecular weight is 270 g/mol. The number of nitrogens with zero attached hydrogens (tertiary/aromatic N) is 1. The van der Waals surface area contributed by atoms with Crippen LogP contribution in [0.4, 0.5) is 15.9 Å². The second-order valence-electron chi connectivity index (χ2n) is 3.72. The Bertz CT molecular complexity index is 681. The number of nitrogen functional groups attached to an aromatic ring is 1. The molecule has 1 heterocycles. The summed E-state index contributed by atoms with van der Waals surface area (Å²) in [4.78, 5) is -0.149. The fourth-order valence-corrected chi connectivity index (χ4v) is 2.49. The van der Waals surface area contributed by atoms with Crippen molar-refractivity contribution in [3.05, 3.63) is 35.8 Å². The Kier molecular flexibility index (Phi) is 2.95. The summed E-state index contributed by atoms with van der Waals surface area (Å²) in [7, 11) is -3.82. The summed E-state index contributed by atoms with van der Waals surface area (Å²) in [6, 6.07) is 3.91. The molecule has 96 valence electrons. The molecule has 0 atom stereocenters. The molecular formula is C10H11FN4O2S. The maximum Gasteiger partial charge on any atom is 0.267 e. The van der Waals surface area contributed by atoms with E-state index in [1.54, 1.807) is 6.92 Å². The third-order valence-corrected chi connectivity index (χ3v) is 3.74. The maximum absolute atomic E-state index is 13.1. The molecule has 2 aromatic rings. The van der Waals surface area contributed by atoms with Gasteiger partial charge >= 0.3 is 0 Å². The first-order valence-electron chi connectivity index (χ1n) is 4.98. The van der Waals surface area contributed by atoms with Gasteiger partial charge in [-0.25, -0.2) is 12.8 Å². The number of H-pyrrole nitrogens is 1. The summed E-state index contributed by atoms with van der Waals surface area (Å²) in [5, 5.41) is 5.86. The van der Waals surface area contributed by atoms with E-state index in [1.165, 1.54) is 18.2 Å². The van der Waals surface area contributed by atoms with E-state index in [2.05, 4.69) is 14.9 Å². The molecule has 6 nitrogen and oxygen atoms in total. The predicted octanol–water partition coefficient (Wildman–Crippen LogP) is 1.24. The normalized spacial score (nSPS) is 11.4. The monoisotopic (exact) mass is 270 g/mol. The Balaban J connectivity index is 2.34. The highest BCUT2D eigenvalue weighted by Gasteiger charge is 2.19. The van der Waals surface area contributed by atoms with E-state index in [1.807, 2.05) is 0 Å². The van der Waals surface area contributed by atoms with Gasteiger partial charge in [0.1, 0.15) is 16.5 Å². The fraction of sp³-hybridized carbons (Fsp3) is 0.100. The van der Waals surface area contributed by atoms with Gasteiger partial charge in [0.05, 0.1) is 6.20 Å². The Hall–Kier alpha value is -2.09. The van der Waals surface area contributed by atoms with Crippen LogP contribution in [0.1, 0.15) is 5.56 Å². The van der Waals surface area contributed by atoms with Crippen LogP contribution < -0.4 is 10.5 Å². The molecule has 0 bridgehead atoms. The first-order chi connectivity index (χ1) is 8.40. The molecular weight excluding hydrogens is 259 g/mol. The number of aromatic amines is 1. The van der Waals surface area contributed by atoms with Gasteiger partial charge in [-0.2, -0.15) is 5.10 Å². The van der Waals surface area contributed by atoms with Gasteiger partial charge in [-0.05, 0) is 30.7 Å². The third kappa shape index (κ3) is 2.28. The number of aromatic nitrogens is 2. The number of sulfonamides is 1. The molecule has 0 saturated carbocycles. The van der Waals surface area contributed by atoms with Crippen LogP contribution in [0.2, 0.25) is 0 Å². The van der Waals surface area contributed by atoms with Crippen LogP contribution in [-0.4, -0.2) is 18.6 Å². The minimum atomic E-state index is -3.82. The molecule has 8 heteroatoms. The van der Waals surface area contributed by atoms with Gasteiger partial charge in [-0.3, -0.25) is 9.82 Å². The largest absolute Gasteiger partial charge is 0.383 e. The zero-order valence-corrected chi connectivity index (χ0v) is 10.3. The highest BCUT2D eigenvalue weighted by molar-refractivity contribution is 7.92. The van der Waals surface area contributed by atoms with Crippen molar-refractivity contribution in [2.75, 3.05) is 10.5 Å². The number of nitrogens with one attached hydrogen (secondary N) is 2. The maximum atomic E-state index is 13.1. The topological polar surface area (TPSA) is 101 Å². The third-order valence-electron chi connectivity index (χ3n) is 2.33. The van der Waals surface area contributed by atoms with E-state index in [4.69, 9.17) is 5.73 Å². The molecule has 0 spiro atoms. The Morgan fingerprint density at radius 1 is 1.44 bits per heavy atom. The van der Waals surface area contributed by atoms with Crippen molar-refractivity contribution in [3.8, 4) is 0 Å². The highest BCUT2D eigenvalue weighted by atomic mass is 32.2. The van der Waals surface area contributed by atoms with Gasteiger partial charge in [0.2, 0.25) is 0 Å². The van der Waals surface area contributed by atoms with Crippen molar-refractivity contribution in [3.63, 3.8) is 0 Å². The lowest BCUT2D eigenvalue weighted by Gasteiger charge is -2.07. The van der Waals surface area contributed by atoms with Crippen LogP contribution in [0.25, 0.3) is 0 Å². The first kappa shape index (κ1) is 12.4. The second kappa shape index (κ2) is 4.30. The predicted molar refractivity (Wildman–Crippen MR) is 64.9 cm³/mol. The minimum Gasteiger partial charge on any atom is -0.383 e. The zero-order valence-electron chi connectivity index (χ0n) is 9.44. The lowest BCUT2D eigenvalue weighted by atomic mass is 10.2. The van der Waals surface area contributed by atoms with Crippen molar-refractivity contribution < 1.29 is 12.8 Å². The van der Waals surface area contributed by atoms with E-state index in [9.17, 15) is 12.8 Å². The van der Waals surface area contributed by atoms with Crippen molar-refractivity contribution in [1.82, 2.24) is 10.2 Å². The summed E-state index contributed by atoms with van der Waals surface area (Å²) >= 11 is 0. The number of hydrogen-bond acceptors (Lipinski definition) is 4. The molecule has 1 aromatic carbocycles. The standard InChI is InChI=1S/C10H11FN4O2S/c1-6-4-7(2-3-8(6)11)15-18(16,17)9-5-13-14-10(9)12/h2-5,15H,1H3,(H3,12,13,14). The van der Waals surface area contributed by atoms with E-state index in [0.29, 0.717) is 5.56 Å². The van der Waals surface area contributed by atoms with Gasteiger partial charge in [0.15, 0.2) is 0 Å². The summed E-state index contributed by atoms with van der Waals surface area (Å²) in [6.07, 6.45) is 1.11. The number of benzene rings is 1. The van der Waals surface area contributed by atoms with Gasteiger partial charge in [0, 0.05) is 5.69 Å². The summed E-state index contributed by atoms with van der Waals surface area (Å²) < 4.78 is 39.2. The smallest absolute Gasteiger partial charge is 0.267 e. The molecule has 0 fully saturated rings. The molecule has 0 radical (unpaired) electrons. The van der Waals surface area contributed by atoms with E-state index < -0.39 is 15.8 Å². The van der Waals surface area contributed by atoms with Crippen LogP contribution in [-0.2, 0) is 10.0 Å². The molecule has 0 saturated heterocycles. The van der Waals surface area contributed by atoms with Gasteiger partial charge in [0.25, 0.3) is 10.0 Å². The summed E-state index contributed by atoms with van der Waals surface area (Å²) in [5.41, 5.74) is 6.04. The van der Waals surface area contributed by atoms with Gasteiger partial charge < -0.3 is 5.73 Å². The SMILES string of the molecule is Cc1cc(NS(=O)(=O)c2cn[nH]c2N)ccc1F. The molecule has 1 aromatic heterocycles. The molecule has 4 N–H and O–H groups in total. The number of rotatable bonds is 3. The van der Waals surface area contributed by atoms with Crippen molar-refractivity contribution in [2.45, 2.75) is 11.8 Å². The fourth-order valence-electron chi connectivity index (χ4n) is 1.42. The van der Waals surface area contributed by atoms with Crippen LogP contribution >= 0.6 is 0 Å². The Morgan fingerprint density at radius 3 is 2.72 bits per heavy atom. The van der Waals surface area contributed by atoms with E-state index >= 15 is 0 Å².